The maximum absolute atomic E-state index is 9.64. The summed E-state index contributed by atoms with van der Waals surface area (Å²) < 4.78 is 9.64. The number of rotatable bonds is 5. The second-order valence-electron chi connectivity index (χ2n) is 3.62. The van der Waals surface area contributed by atoms with E-state index in [-0.39, 0.29) is 0 Å². The molecule has 14 heavy (non-hydrogen) atoms. The standard InChI is InChI=1S/C7H18P.C3H7O2P/c1-5-8(4,6-2)7-3;1-2-3-6(4)5/h5-7H2,1-4H3;2-3H2,1H3/q+1;. The third-order valence-corrected chi connectivity index (χ3v) is 8.09. The van der Waals surface area contributed by atoms with Gasteiger partial charge in [-0.05, 0) is 27.2 Å². The zero-order valence-corrected chi connectivity index (χ0v) is 12.0. The van der Waals surface area contributed by atoms with Gasteiger partial charge in [0.15, 0.2) is 0 Å². The average molecular weight is 239 g/mol. The SMILES string of the molecule is CCC[P+](=O)[O-].CC[P+](C)(CC)CC. The van der Waals surface area contributed by atoms with Crippen LogP contribution in [0.4, 0.5) is 0 Å². The van der Waals surface area contributed by atoms with E-state index in [0.29, 0.717) is 6.16 Å². The minimum absolute atomic E-state index is 0.329. The van der Waals surface area contributed by atoms with Crippen molar-refractivity contribution >= 4 is 15.3 Å². The molecule has 0 aliphatic heterocycles. The minimum atomic E-state index is -2.10. The van der Waals surface area contributed by atoms with Crippen LogP contribution in [-0.4, -0.2) is 31.3 Å². The Bertz CT molecular complexity index is 137. The Morgan fingerprint density at radius 2 is 1.43 bits per heavy atom. The quantitative estimate of drug-likeness (QED) is 0.691. The summed E-state index contributed by atoms with van der Waals surface area (Å²) in [4.78, 5) is 9.64. The average Bonchev–Trinajstić information content (AvgIpc) is 2.17. The number of hydrogen-bond acceptors (Lipinski definition) is 2. The van der Waals surface area contributed by atoms with Crippen molar-refractivity contribution in [1.29, 1.82) is 0 Å². The molecule has 0 aromatic heterocycles. The summed E-state index contributed by atoms with van der Waals surface area (Å²) in [6, 6.07) is 0. The van der Waals surface area contributed by atoms with Crippen molar-refractivity contribution in [2.75, 3.05) is 31.3 Å². The van der Waals surface area contributed by atoms with Crippen LogP contribution in [0, 0.1) is 0 Å². The van der Waals surface area contributed by atoms with E-state index in [1.54, 1.807) is 0 Å². The molecule has 0 radical (unpaired) electrons. The molecule has 86 valence electrons. The lowest BCUT2D eigenvalue weighted by Gasteiger charge is -2.16. The molecule has 0 saturated carbocycles. The summed E-state index contributed by atoms with van der Waals surface area (Å²) in [5, 5.41) is 0. The zero-order chi connectivity index (χ0) is 11.6. The van der Waals surface area contributed by atoms with Crippen molar-refractivity contribution in [1.82, 2.24) is 0 Å². The summed E-state index contributed by atoms with van der Waals surface area (Å²) in [5.74, 6) is 0. The second-order valence-corrected chi connectivity index (χ2v) is 9.87. The molecule has 0 rings (SSSR count). The molecule has 0 heterocycles. The van der Waals surface area contributed by atoms with Gasteiger partial charge in [0.2, 0.25) is 0 Å². The Hall–Kier alpha value is 0.490. The topological polar surface area (TPSA) is 40.1 Å². The smallest absolute Gasteiger partial charge is 0.308 e. The molecular weight excluding hydrogens is 214 g/mol. The van der Waals surface area contributed by atoms with E-state index in [9.17, 15) is 9.46 Å². The third-order valence-electron chi connectivity index (χ3n) is 2.70. The fourth-order valence-electron chi connectivity index (χ4n) is 0.853. The minimum Gasteiger partial charge on any atom is -0.596 e. The molecule has 0 amide bonds. The monoisotopic (exact) mass is 239 g/mol. The molecule has 4 heteroatoms. The molecule has 0 spiro atoms. The first-order valence-corrected chi connectivity index (χ1v) is 9.56. The Balaban J connectivity index is 0. The van der Waals surface area contributed by atoms with Crippen LogP contribution in [0.15, 0.2) is 0 Å². The van der Waals surface area contributed by atoms with E-state index in [4.69, 9.17) is 0 Å². The first-order valence-electron chi connectivity index (χ1n) is 5.41. The molecule has 0 aliphatic carbocycles. The van der Waals surface area contributed by atoms with Crippen molar-refractivity contribution in [3.63, 3.8) is 0 Å². The van der Waals surface area contributed by atoms with Crippen LogP contribution in [0.25, 0.3) is 0 Å². The lowest BCUT2D eigenvalue weighted by Crippen LogP contribution is -1.98. The van der Waals surface area contributed by atoms with E-state index in [1.807, 2.05) is 6.92 Å². The van der Waals surface area contributed by atoms with Crippen molar-refractivity contribution < 1.29 is 9.46 Å². The van der Waals surface area contributed by atoms with Gasteiger partial charge < -0.3 is 4.89 Å². The van der Waals surface area contributed by atoms with Crippen LogP contribution in [-0.2, 0) is 4.57 Å². The predicted octanol–water partition coefficient (Wildman–Crippen LogP) is 3.19. The highest BCUT2D eigenvalue weighted by Gasteiger charge is 2.22. The molecule has 1 atom stereocenters. The van der Waals surface area contributed by atoms with E-state index < -0.39 is 15.3 Å². The molecule has 1 unspecified atom stereocenters. The first kappa shape index (κ1) is 16.9. The predicted molar refractivity (Wildman–Crippen MR) is 67.2 cm³/mol. The van der Waals surface area contributed by atoms with Crippen molar-refractivity contribution in [3.8, 4) is 0 Å². The van der Waals surface area contributed by atoms with Gasteiger partial charge in [-0.1, -0.05) is 11.5 Å². The van der Waals surface area contributed by atoms with Gasteiger partial charge in [0, 0.05) is 13.9 Å². The van der Waals surface area contributed by atoms with Gasteiger partial charge in [0.25, 0.3) is 0 Å². The zero-order valence-electron chi connectivity index (χ0n) is 10.2. The van der Waals surface area contributed by atoms with Gasteiger partial charge in [-0.25, -0.2) is 0 Å². The molecule has 0 aromatic rings. The van der Waals surface area contributed by atoms with Crippen molar-refractivity contribution in [3.05, 3.63) is 0 Å². The molecule has 0 aliphatic rings. The second kappa shape index (κ2) is 10.0. The maximum Gasteiger partial charge on any atom is 0.308 e. The van der Waals surface area contributed by atoms with Gasteiger partial charge >= 0.3 is 8.03 Å². The van der Waals surface area contributed by atoms with Crippen LogP contribution >= 0.6 is 15.3 Å². The van der Waals surface area contributed by atoms with Gasteiger partial charge in [0.1, 0.15) is 6.16 Å². The van der Waals surface area contributed by atoms with Crippen LogP contribution in [0.3, 0.4) is 0 Å². The summed E-state index contributed by atoms with van der Waals surface area (Å²) in [5.41, 5.74) is 0. The third kappa shape index (κ3) is 10.6. The highest BCUT2D eigenvalue weighted by Crippen LogP contribution is 2.53. The first-order chi connectivity index (χ1) is 6.45. The van der Waals surface area contributed by atoms with E-state index in [1.165, 1.54) is 18.5 Å². The Labute approximate surface area is 90.7 Å². The number of hydrogen-bond donors (Lipinski definition) is 0. The fraction of sp³-hybridized carbons (Fsp3) is 1.00. The summed E-state index contributed by atoms with van der Waals surface area (Å²) in [7, 11) is -2.51. The summed E-state index contributed by atoms with van der Waals surface area (Å²) >= 11 is 0. The summed E-state index contributed by atoms with van der Waals surface area (Å²) in [6.07, 6.45) is 5.36. The molecule has 0 N–H and O–H groups in total. The Morgan fingerprint density at radius 1 is 1.07 bits per heavy atom. The molecule has 0 bridgehead atoms. The highest BCUT2D eigenvalue weighted by atomic mass is 31.2. The maximum atomic E-state index is 9.64. The normalized spacial score (nSPS) is 11.7. The highest BCUT2D eigenvalue weighted by molar-refractivity contribution is 7.75. The Kier molecular flexibility index (Phi) is 12.1. The molecule has 0 saturated heterocycles. The van der Waals surface area contributed by atoms with E-state index in [0.717, 1.165) is 6.42 Å². The van der Waals surface area contributed by atoms with Crippen molar-refractivity contribution in [2.45, 2.75) is 34.1 Å². The Morgan fingerprint density at radius 3 is 1.43 bits per heavy atom. The van der Waals surface area contributed by atoms with E-state index >= 15 is 0 Å². The van der Waals surface area contributed by atoms with Gasteiger partial charge in [0.05, 0.1) is 18.5 Å². The van der Waals surface area contributed by atoms with Crippen molar-refractivity contribution in [2.24, 2.45) is 0 Å². The van der Waals surface area contributed by atoms with Crippen LogP contribution in [0.5, 0.6) is 0 Å². The van der Waals surface area contributed by atoms with Gasteiger partial charge in [-0.2, -0.15) is 0 Å². The lowest BCUT2D eigenvalue weighted by molar-refractivity contribution is -0.164. The van der Waals surface area contributed by atoms with Crippen LogP contribution < -0.4 is 4.89 Å². The summed E-state index contributed by atoms with van der Waals surface area (Å²) in [6.45, 7) is 11.3. The van der Waals surface area contributed by atoms with E-state index in [2.05, 4.69) is 27.4 Å². The molecule has 0 fully saturated rings. The largest absolute Gasteiger partial charge is 0.596 e. The molecular formula is C10H25O2P2+. The fourth-order valence-corrected chi connectivity index (χ4v) is 2.56. The molecule has 0 aromatic carbocycles. The van der Waals surface area contributed by atoms with Crippen LogP contribution in [0.2, 0.25) is 0 Å². The molecule has 2 nitrogen and oxygen atoms in total. The lowest BCUT2D eigenvalue weighted by atomic mass is 10.6. The van der Waals surface area contributed by atoms with Gasteiger partial charge in [-0.3, -0.25) is 0 Å². The van der Waals surface area contributed by atoms with Gasteiger partial charge in [-0.15, -0.1) is 0 Å². The van der Waals surface area contributed by atoms with Crippen LogP contribution in [0.1, 0.15) is 34.1 Å².